The largest absolute Gasteiger partial charge is 0.359 e. The summed E-state index contributed by atoms with van der Waals surface area (Å²) < 4.78 is 0. The number of nitrogens with one attached hydrogen (secondary N) is 1. The Bertz CT molecular complexity index is 534. The summed E-state index contributed by atoms with van der Waals surface area (Å²) in [5.41, 5.74) is 2.89. The van der Waals surface area contributed by atoms with Crippen molar-refractivity contribution in [3.8, 4) is 0 Å². The van der Waals surface area contributed by atoms with Crippen LogP contribution < -0.4 is 0 Å². The van der Waals surface area contributed by atoms with Gasteiger partial charge in [0.2, 0.25) is 6.08 Å². The Kier molecular flexibility index (Phi) is 2.40. The molecular weight excluding hydrogens is 188 g/mol. The van der Waals surface area contributed by atoms with E-state index in [4.69, 9.17) is 0 Å². The van der Waals surface area contributed by atoms with Gasteiger partial charge in [0.05, 0.1) is 0 Å². The number of fused-ring (bicyclic) bond motifs is 1. The Hall–Kier alpha value is -1.86. The first-order valence-corrected chi connectivity index (χ1v) is 4.91. The molecule has 2 aromatic rings. The van der Waals surface area contributed by atoms with Gasteiger partial charge in [0, 0.05) is 17.1 Å². The van der Waals surface area contributed by atoms with Crippen LogP contribution in [0.25, 0.3) is 10.9 Å². The number of H-pyrrole nitrogens is 1. The molecule has 0 radical (unpaired) electrons. The molecule has 3 heteroatoms. The molecule has 1 N–H and O–H groups in total. The van der Waals surface area contributed by atoms with Crippen LogP contribution in [0.5, 0.6) is 0 Å². The maximum Gasteiger partial charge on any atom is 0.240 e. The van der Waals surface area contributed by atoms with E-state index in [0.717, 1.165) is 10.9 Å². The Morgan fingerprint density at radius 2 is 2.20 bits per heavy atom. The zero-order chi connectivity index (χ0) is 10.8. The summed E-state index contributed by atoms with van der Waals surface area (Å²) in [6.07, 6.45) is 3.29. The average molecular weight is 200 g/mol. The van der Waals surface area contributed by atoms with Crippen LogP contribution in [0, 0.1) is 0 Å². The van der Waals surface area contributed by atoms with Crippen LogP contribution in [-0.4, -0.2) is 11.1 Å². The van der Waals surface area contributed by atoms with Crippen molar-refractivity contribution in [3.05, 3.63) is 30.0 Å². The van der Waals surface area contributed by atoms with Crippen LogP contribution in [-0.2, 0) is 4.79 Å². The lowest BCUT2D eigenvalue weighted by atomic mass is 10.0. The molecule has 1 aromatic heterocycles. The van der Waals surface area contributed by atoms with Gasteiger partial charge in [-0.05, 0) is 23.6 Å². The lowest BCUT2D eigenvalue weighted by Gasteiger charge is -2.04. The minimum Gasteiger partial charge on any atom is -0.359 e. The van der Waals surface area contributed by atoms with Crippen molar-refractivity contribution < 1.29 is 4.79 Å². The van der Waals surface area contributed by atoms with Crippen LogP contribution >= 0.6 is 0 Å². The van der Waals surface area contributed by atoms with Gasteiger partial charge in [0.1, 0.15) is 5.69 Å². The Balaban J connectivity index is 2.66. The maximum atomic E-state index is 10.2. The number of aromatic amines is 1. The zero-order valence-corrected chi connectivity index (χ0v) is 8.74. The molecule has 0 bridgehead atoms. The predicted octanol–water partition coefficient (Wildman–Crippen LogP) is 3.26. The Labute approximate surface area is 87.8 Å². The second kappa shape index (κ2) is 3.71. The highest BCUT2D eigenvalue weighted by Crippen LogP contribution is 2.28. The summed E-state index contributed by atoms with van der Waals surface area (Å²) in [7, 11) is 0. The summed E-state index contributed by atoms with van der Waals surface area (Å²) in [5, 5.41) is 0.976. The lowest BCUT2D eigenvalue weighted by Crippen LogP contribution is -1.85. The zero-order valence-electron chi connectivity index (χ0n) is 8.74. The molecule has 2 rings (SSSR count). The highest BCUT2D eigenvalue weighted by molar-refractivity contribution is 5.92. The highest BCUT2D eigenvalue weighted by atomic mass is 16.1. The number of aliphatic imine (C=N–C) groups is 1. The summed E-state index contributed by atoms with van der Waals surface area (Å²) in [6.45, 7) is 4.27. The fourth-order valence-electron chi connectivity index (χ4n) is 1.62. The Morgan fingerprint density at radius 1 is 1.40 bits per heavy atom. The van der Waals surface area contributed by atoms with Crippen LogP contribution in [0.3, 0.4) is 0 Å². The minimum absolute atomic E-state index is 0.470. The van der Waals surface area contributed by atoms with E-state index in [9.17, 15) is 4.79 Å². The quantitative estimate of drug-likeness (QED) is 0.587. The van der Waals surface area contributed by atoms with Crippen molar-refractivity contribution >= 4 is 22.7 Å². The van der Waals surface area contributed by atoms with Crippen LogP contribution in [0.15, 0.2) is 29.4 Å². The van der Waals surface area contributed by atoms with Gasteiger partial charge in [-0.1, -0.05) is 19.9 Å². The van der Waals surface area contributed by atoms with Gasteiger partial charge in [0.25, 0.3) is 0 Å². The number of benzene rings is 1. The molecule has 0 aliphatic rings. The molecule has 0 fully saturated rings. The van der Waals surface area contributed by atoms with Crippen LogP contribution in [0.4, 0.5) is 5.69 Å². The number of rotatable bonds is 2. The van der Waals surface area contributed by atoms with Crippen molar-refractivity contribution in [2.45, 2.75) is 19.8 Å². The second-order valence-electron chi connectivity index (χ2n) is 3.84. The van der Waals surface area contributed by atoms with Crippen LogP contribution in [0.2, 0.25) is 0 Å². The first kappa shape index (κ1) is 9.69. The molecule has 0 aliphatic heterocycles. The molecule has 0 aliphatic carbocycles. The SMILES string of the molecule is CC(C)c1ccc2[nH]cc(N=C=O)c2c1. The third kappa shape index (κ3) is 1.69. The number of aromatic nitrogens is 1. The molecule has 0 spiro atoms. The van der Waals surface area contributed by atoms with Crippen molar-refractivity contribution in [1.82, 2.24) is 4.98 Å². The van der Waals surface area contributed by atoms with Gasteiger partial charge in [-0.15, -0.1) is 0 Å². The molecule has 1 aromatic carbocycles. The van der Waals surface area contributed by atoms with Crippen molar-refractivity contribution in [1.29, 1.82) is 0 Å². The summed E-state index contributed by atoms with van der Waals surface area (Å²) in [6, 6.07) is 6.15. The number of isocyanates is 1. The third-order valence-electron chi connectivity index (χ3n) is 2.52. The lowest BCUT2D eigenvalue weighted by molar-refractivity contribution is 0.565. The highest BCUT2D eigenvalue weighted by Gasteiger charge is 2.05. The normalized spacial score (nSPS) is 10.6. The topological polar surface area (TPSA) is 45.2 Å². The van der Waals surface area contributed by atoms with Gasteiger partial charge in [-0.3, -0.25) is 0 Å². The van der Waals surface area contributed by atoms with E-state index in [2.05, 4.69) is 36.0 Å². The first-order chi connectivity index (χ1) is 7.22. The molecule has 0 atom stereocenters. The second-order valence-corrected chi connectivity index (χ2v) is 3.84. The van der Waals surface area contributed by atoms with Crippen LogP contribution in [0.1, 0.15) is 25.3 Å². The van der Waals surface area contributed by atoms with E-state index in [0.29, 0.717) is 11.6 Å². The summed E-state index contributed by atoms with van der Waals surface area (Å²) >= 11 is 0. The van der Waals surface area contributed by atoms with E-state index >= 15 is 0 Å². The molecule has 0 amide bonds. The molecular formula is C12H12N2O. The molecule has 3 nitrogen and oxygen atoms in total. The van der Waals surface area contributed by atoms with Gasteiger partial charge >= 0.3 is 0 Å². The molecule has 0 saturated carbocycles. The van der Waals surface area contributed by atoms with Gasteiger partial charge < -0.3 is 4.98 Å². The molecule has 0 saturated heterocycles. The van der Waals surface area contributed by atoms with Crippen molar-refractivity contribution in [2.75, 3.05) is 0 Å². The fraction of sp³-hybridized carbons (Fsp3) is 0.250. The molecule has 0 unspecified atom stereocenters. The third-order valence-corrected chi connectivity index (χ3v) is 2.52. The number of hydrogen-bond donors (Lipinski definition) is 1. The maximum absolute atomic E-state index is 10.2. The standard InChI is InChI=1S/C12H12N2O/c1-8(2)9-3-4-11-10(5-9)12(6-13-11)14-7-15/h3-6,8,13H,1-2H3. The monoisotopic (exact) mass is 200 g/mol. The van der Waals surface area contributed by atoms with Crippen molar-refractivity contribution in [2.24, 2.45) is 4.99 Å². The predicted molar refractivity (Wildman–Crippen MR) is 60.2 cm³/mol. The van der Waals surface area contributed by atoms with Gasteiger partial charge in [0.15, 0.2) is 0 Å². The smallest absolute Gasteiger partial charge is 0.240 e. The molecule has 1 heterocycles. The van der Waals surface area contributed by atoms with Gasteiger partial charge in [-0.2, -0.15) is 4.99 Å². The summed E-state index contributed by atoms with van der Waals surface area (Å²) in [4.78, 5) is 17.0. The van der Waals surface area contributed by atoms with E-state index in [1.165, 1.54) is 5.56 Å². The number of nitrogens with zero attached hydrogens (tertiary/aromatic N) is 1. The van der Waals surface area contributed by atoms with E-state index in [-0.39, 0.29) is 0 Å². The summed E-state index contributed by atoms with van der Waals surface area (Å²) in [5.74, 6) is 0.470. The van der Waals surface area contributed by atoms with Crippen molar-refractivity contribution in [3.63, 3.8) is 0 Å². The van der Waals surface area contributed by atoms with Gasteiger partial charge in [-0.25, -0.2) is 4.79 Å². The molecule has 76 valence electrons. The van der Waals surface area contributed by atoms with E-state index < -0.39 is 0 Å². The minimum atomic E-state index is 0.470. The Morgan fingerprint density at radius 3 is 2.87 bits per heavy atom. The van der Waals surface area contributed by atoms with E-state index in [1.54, 1.807) is 12.3 Å². The fourth-order valence-corrected chi connectivity index (χ4v) is 1.62. The average Bonchev–Trinajstić information content (AvgIpc) is 2.61. The molecule has 15 heavy (non-hydrogen) atoms. The first-order valence-electron chi connectivity index (χ1n) is 4.91. The number of carbonyl (C=O) groups excluding carboxylic acids is 1. The van der Waals surface area contributed by atoms with E-state index in [1.807, 2.05) is 6.07 Å². The number of hydrogen-bond acceptors (Lipinski definition) is 2.